The van der Waals surface area contributed by atoms with Crippen LogP contribution < -0.4 is 16.7 Å². The molecule has 0 aliphatic carbocycles. The SMILES string of the molecule is CCCc1nn(CC)c2c(=O)[nH]c(=O)c(=O)[nH]c12. The van der Waals surface area contributed by atoms with E-state index in [2.05, 4.69) is 10.1 Å². The van der Waals surface area contributed by atoms with Gasteiger partial charge < -0.3 is 4.98 Å². The van der Waals surface area contributed by atoms with Crippen LogP contribution in [0.4, 0.5) is 0 Å². The molecule has 0 radical (unpaired) electrons. The normalized spacial score (nSPS) is 11.0. The Morgan fingerprint density at radius 3 is 2.33 bits per heavy atom. The van der Waals surface area contributed by atoms with Gasteiger partial charge >= 0.3 is 11.1 Å². The van der Waals surface area contributed by atoms with Crippen molar-refractivity contribution in [1.29, 1.82) is 0 Å². The predicted molar refractivity (Wildman–Crippen MR) is 66.9 cm³/mol. The third kappa shape index (κ3) is 1.87. The van der Waals surface area contributed by atoms with Crippen molar-refractivity contribution in [3.63, 3.8) is 0 Å². The van der Waals surface area contributed by atoms with Crippen LogP contribution in [0.5, 0.6) is 0 Å². The van der Waals surface area contributed by atoms with Crippen molar-refractivity contribution < 1.29 is 0 Å². The van der Waals surface area contributed by atoms with Gasteiger partial charge in [-0.1, -0.05) is 13.3 Å². The number of nitrogens with one attached hydrogen (secondary N) is 2. The largest absolute Gasteiger partial charge is 0.316 e. The van der Waals surface area contributed by atoms with E-state index in [-0.39, 0.29) is 5.52 Å². The van der Waals surface area contributed by atoms with Gasteiger partial charge in [-0.25, -0.2) is 0 Å². The van der Waals surface area contributed by atoms with Gasteiger partial charge in [0.15, 0.2) is 5.52 Å². The first-order valence-corrected chi connectivity index (χ1v) is 5.84. The maximum atomic E-state index is 11.9. The predicted octanol–water partition coefficient (Wildman–Crippen LogP) is -0.254. The second-order valence-corrected chi connectivity index (χ2v) is 3.97. The number of aryl methyl sites for hydroxylation is 2. The van der Waals surface area contributed by atoms with E-state index in [1.54, 1.807) is 0 Å². The summed E-state index contributed by atoms with van der Waals surface area (Å²) in [5, 5.41) is 4.28. The summed E-state index contributed by atoms with van der Waals surface area (Å²) in [6.45, 7) is 4.30. The van der Waals surface area contributed by atoms with Crippen LogP contribution >= 0.6 is 0 Å². The van der Waals surface area contributed by atoms with Crippen molar-refractivity contribution in [3.8, 4) is 0 Å². The summed E-state index contributed by atoms with van der Waals surface area (Å²) in [6, 6.07) is 0. The quantitative estimate of drug-likeness (QED) is 0.733. The second-order valence-electron chi connectivity index (χ2n) is 3.97. The van der Waals surface area contributed by atoms with Crippen molar-refractivity contribution in [1.82, 2.24) is 19.7 Å². The van der Waals surface area contributed by atoms with Crippen molar-refractivity contribution in [3.05, 3.63) is 36.8 Å². The van der Waals surface area contributed by atoms with Crippen LogP contribution in [-0.4, -0.2) is 19.7 Å². The van der Waals surface area contributed by atoms with E-state index in [9.17, 15) is 14.4 Å². The molecule has 7 heteroatoms. The third-order valence-corrected chi connectivity index (χ3v) is 2.70. The molecule has 2 aromatic rings. The smallest absolute Gasteiger partial charge is 0.314 e. The summed E-state index contributed by atoms with van der Waals surface area (Å²) in [5.41, 5.74) is -1.15. The molecule has 2 aromatic heterocycles. The minimum absolute atomic E-state index is 0.236. The molecule has 0 spiro atoms. The zero-order valence-corrected chi connectivity index (χ0v) is 10.2. The lowest BCUT2D eigenvalue weighted by atomic mass is 10.2. The van der Waals surface area contributed by atoms with Crippen LogP contribution in [0.2, 0.25) is 0 Å². The standard InChI is InChI=1S/C11H14N4O3/c1-3-5-6-7-8(15(4-2)14-6)9(16)13-11(18)10(17)12-7/h3-5H2,1-2H3,(H2,12,13,16,17,18). The van der Waals surface area contributed by atoms with Gasteiger partial charge in [-0.2, -0.15) is 5.10 Å². The fraction of sp³-hybridized carbons (Fsp3) is 0.455. The van der Waals surface area contributed by atoms with Gasteiger partial charge in [-0.3, -0.25) is 24.0 Å². The Morgan fingerprint density at radius 2 is 1.72 bits per heavy atom. The lowest BCUT2D eigenvalue weighted by molar-refractivity contribution is 0.662. The molecule has 0 fully saturated rings. The number of hydrogen-bond donors (Lipinski definition) is 2. The average Bonchev–Trinajstić information content (AvgIpc) is 2.62. The number of fused-ring (bicyclic) bond motifs is 1. The first kappa shape index (κ1) is 12.3. The lowest BCUT2D eigenvalue weighted by Gasteiger charge is -1.93. The molecule has 2 heterocycles. The molecule has 2 rings (SSSR count). The van der Waals surface area contributed by atoms with Crippen LogP contribution in [0, 0.1) is 0 Å². The second kappa shape index (κ2) is 4.59. The third-order valence-electron chi connectivity index (χ3n) is 2.70. The van der Waals surface area contributed by atoms with Gasteiger partial charge in [-0.05, 0) is 13.3 Å². The number of nitrogens with zero attached hydrogens (tertiary/aromatic N) is 2. The first-order chi connectivity index (χ1) is 8.58. The summed E-state index contributed by atoms with van der Waals surface area (Å²) in [7, 11) is 0. The summed E-state index contributed by atoms with van der Waals surface area (Å²) in [4.78, 5) is 39.1. The Morgan fingerprint density at radius 1 is 1.06 bits per heavy atom. The number of aromatic nitrogens is 4. The highest BCUT2D eigenvalue weighted by molar-refractivity contribution is 5.75. The van der Waals surface area contributed by atoms with Crippen LogP contribution in [0.1, 0.15) is 26.0 Å². The molecule has 0 saturated carbocycles. The average molecular weight is 250 g/mol. The summed E-state index contributed by atoms with van der Waals surface area (Å²) >= 11 is 0. The Bertz CT molecular complexity index is 753. The van der Waals surface area contributed by atoms with E-state index in [0.717, 1.165) is 6.42 Å². The molecule has 0 aromatic carbocycles. The molecule has 18 heavy (non-hydrogen) atoms. The highest BCUT2D eigenvalue weighted by Gasteiger charge is 2.13. The van der Waals surface area contributed by atoms with Crippen molar-refractivity contribution >= 4 is 11.0 Å². The Hall–Kier alpha value is -2.18. The van der Waals surface area contributed by atoms with Crippen LogP contribution in [0.3, 0.4) is 0 Å². The van der Waals surface area contributed by atoms with Gasteiger partial charge in [0.25, 0.3) is 5.56 Å². The molecule has 0 amide bonds. The lowest BCUT2D eigenvalue weighted by Crippen LogP contribution is -2.29. The van der Waals surface area contributed by atoms with E-state index in [4.69, 9.17) is 0 Å². The zero-order chi connectivity index (χ0) is 13.3. The molecule has 0 aliphatic rings. The number of H-pyrrole nitrogens is 2. The fourth-order valence-electron chi connectivity index (χ4n) is 1.90. The van der Waals surface area contributed by atoms with Gasteiger partial charge in [0, 0.05) is 6.54 Å². The highest BCUT2D eigenvalue weighted by atomic mass is 16.2. The van der Waals surface area contributed by atoms with E-state index < -0.39 is 16.7 Å². The maximum absolute atomic E-state index is 11.9. The number of hydrogen-bond acceptors (Lipinski definition) is 4. The van der Waals surface area contributed by atoms with E-state index in [1.807, 2.05) is 18.8 Å². The van der Waals surface area contributed by atoms with Crippen LogP contribution in [0.15, 0.2) is 14.4 Å². The molecule has 0 unspecified atom stereocenters. The summed E-state index contributed by atoms with van der Waals surface area (Å²) in [6.07, 6.45) is 1.47. The van der Waals surface area contributed by atoms with Gasteiger partial charge in [0.2, 0.25) is 0 Å². The first-order valence-electron chi connectivity index (χ1n) is 5.84. The Labute approximate surface area is 101 Å². The Kier molecular flexibility index (Phi) is 3.14. The molecule has 2 N–H and O–H groups in total. The maximum Gasteiger partial charge on any atom is 0.316 e. The van der Waals surface area contributed by atoms with Crippen molar-refractivity contribution in [2.75, 3.05) is 0 Å². The minimum atomic E-state index is -0.943. The van der Waals surface area contributed by atoms with E-state index in [0.29, 0.717) is 24.2 Å². The van der Waals surface area contributed by atoms with Gasteiger partial charge in [0.1, 0.15) is 0 Å². The Balaban J connectivity index is 3.02. The fourth-order valence-corrected chi connectivity index (χ4v) is 1.90. The molecule has 0 atom stereocenters. The molecular formula is C11H14N4O3. The topological polar surface area (TPSA) is 101 Å². The number of aromatic amines is 2. The zero-order valence-electron chi connectivity index (χ0n) is 10.2. The minimum Gasteiger partial charge on any atom is -0.314 e. The molecule has 0 aliphatic heterocycles. The summed E-state index contributed by atoms with van der Waals surface area (Å²) < 4.78 is 1.49. The van der Waals surface area contributed by atoms with Gasteiger partial charge in [-0.15, -0.1) is 0 Å². The van der Waals surface area contributed by atoms with Crippen LogP contribution in [0.25, 0.3) is 11.0 Å². The number of rotatable bonds is 3. The van der Waals surface area contributed by atoms with Crippen molar-refractivity contribution in [2.45, 2.75) is 33.2 Å². The van der Waals surface area contributed by atoms with Gasteiger partial charge in [0.05, 0.1) is 11.2 Å². The molecule has 0 bridgehead atoms. The van der Waals surface area contributed by atoms with Crippen LogP contribution in [-0.2, 0) is 13.0 Å². The van der Waals surface area contributed by atoms with Crippen molar-refractivity contribution in [2.24, 2.45) is 0 Å². The molecule has 0 saturated heterocycles. The van der Waals surface area contributed by atoms with E-state index >= 15 is 0 Å². The molecular weight excluding hydrogens is 236 g/mol. The highest BCUT2D eigenvalue weighted by Crippen LogP contribution is 2.12. The monoisotopic (exact) mass is 250 g/mol. The molecule has 7 nitrogen and oxygen atoms in total. The molecule has 96 valence electrons. The summed E-state index contributed by atoms with van der Waals surface area (Å²) in [5.74, 6) is 0. The van der Waals surface area contributed by atoms with E-state index in [1.165, 1.54) is 4.68 Å².